The van der Waals surface area contributed by atoms with Gasteiger partial charge in [-0.3, -0.25) is 0 Å². The molecule has 0 fully saturated rings. The summed E-state index contributed by atoms with van der Waals surface area (Å²) in [6.45, 7) is 4.69. The number of rotatable bonds is 6. The third kappa shape index (κ3) is 5.48. The molecule has 1 aliphatic rings. The zero-order valence-corrected chi connectivity index (χ0v) is 32.3. The molecule has 0 unspecified atom stereocenters. The molecule has 4 heteroatoms. The molecule has 0 saturated carbocycles. The van der Waals surface area contributed by atoms with Crippen molar-refractivity contribution in [3.8, 4) is 73.2 Å². The largest absolute Gasteiger partial charge is 0.309 e. The van der Waals surface area contributed by atoms with Gasteiger partial charge in [0.05, 0.1) is 11.0 Å². The third-order valence-electron chi connectivity index (χ3n) is 11.9. The van der Waals surface area contributed by atoms with Crippen LogP contribution in [0.2, 0.25) is 0 Å². The highest BCUT2D eigenvalue weighted by Crippen LogP contribution is 2.52. The minimum absolute atomic E-state index is 0.0714. The van der Waals surface area contributed by atoms with Gasteiger partial charge in [-0.05, 0) is 74.8 Å². The van der Waals surface area contributed by atoms with Gasteiger partial charge >= 0.3 is 0 Å². The highest BCUT2D eigenvalue weighted by atomic mass is 15.0. The van der Waals surface area contributed by atoms with Crippen molar-refractivity contribution in [3.63, 3.8) is 0 Å². The summed E-state index contributed by atoms with van der Waals surface area (Å²) in [5.74, 6) is 1.92. The van der Waals surface area contributed by atoms with E-state index < -0.39 is 0 Å². The molecular formula is C54H38N4. The monoisotopic (exact) mass is 742 g/mol. The highest BCUT2D eigenvalue weighted by Gasteiger charge is 2.36. The second-order valence-corrected chi connectivity index (χ2v) is 15.7. The SMILES string of the molecule is CC1(C)c2ccccc2-c2c(-c3ccc4c(c3)c3ccc(-c5nc(-c6ccccc6)nc(-c6ccccc6)n5)cc3n4-c3cccc(-c4ccccc4)c3)cccc21. The molecule has 2 heterocycles. The van der Waals surface area contributed by atoms with E-state index in [2.05, 4.69) is 152 Å². The van der Waals surface area contributed by atoms with Gasteiger partial charge in [0, 0.05) is 38.6 Å². The predicted octanol–water partition coefficient (Wildman–Crippen LogP) is 13.6. The summed E-state index contributed by atoms with van der Waals surface area (Å²) in [7, 11) is 0. The summed E-state index contributed by atoms with van der Waals surface area (Å²) in [5, 5.41) is 2.36. The van der Waals surface area contributed by atoms with Crippen molar-refractivity contribution in [2.24, 2.45) is 0 Å². The minimum atomic E-state index is -0.0714. The normalized spacial score (nSPS) is 12.8. The quantitative estimate of drug-likeness (QED) is 0.170. The van der Waals surface area contributed by atoms with Gasteiger partial charge in [0.25, 0.3) is 0 Å². The van der Waals surface area contributed by atoms with Crippen LogP contribution in [0, 0.1) is 0 Å². The second-order valence-electron chi connectivity index (χ2n) is 15.7. The maximum Gasteiger partial charge on any atom is 0.164 e. The lowest BCUT2D eigenvalue weighted by Gasteiger charge is -2.21. The maximum absolute atomic E-state index is 5.10. The van der Waals surface area contributed by atoms with Gasteiger partial charge in [-0.2, -0.15) is 0 Å². The summed E-state index contributed by atoms with van der Waals surface area (Å²) in [6.07, 6.45) is 0. The van der Waals surface area contributed by atoms with E-state index in [-0.39, 0.29) is 5.41 Å². The Morgan fingerprint density at radius 1 is 0.362 bits per heavy atom. The molecule has 274 valence electrons. The van der Waals surface area contributed by atoms with Crippen molar-refractivity contribution in [2.45, 2.75) is 19.3 Å². The van der Waals surface area contributed by atoms with Gasteiger partial charge in [-0.1, -0.05) is 178 Å². The Morgan fingerprint density at radius 2 is 0.914 bits per heavy atom. The minimum Gasteiger partial charge on any atom is -0.309 e. The van der Waals surface area contributed by atoms with Crippen molar-refractivity contribution in [3.05, 3.63) is 205 Å². The first-order valence-electron chi connectivity index (χ1n) is 19.9. The van der Waals surface area contributed by atoms with E-state index in [9.17, 15) is 0 Å². The van der Waals surface area contributed by atoms with E-state index >= 15 is 0 Å². The fourth-order valence-corrected chi connectivity index (χ4v) is 8.99. The highest BCUT2D eigenvalue weighted by molar-refractivity contribution is 6.12. The number of hydrogen-bond acceptors (Lipinski definition) is 3. The molecule has 0 N–H and O–H groups in total. The van der Waals surface area contributed by atoms with Crippen LogP contribution in [-0.2, 0) is 5.41 Å². The van der Waals surface area contributed by atoms with Crippen molar-refractivity contribution in [1.29, 1.82) is 0 Å². The number of hydrogen-bond donors (Lipinski definition) is 0. The Labute approximate surface area is 337 Å². The zero-order chi connectivity index (χ0) is 38.8. The van der Waals surface area contributed by atoms with E-state index in [1.54, 1.807) is 0 Å². The molecule has 0 amide bonds. The second kappa shape index (κ2) is 13.4. The van der Waals surface area contributed by atoms with Crippen LogP contribution >= 0.6 is 0 Å². The molecule has 1 aliphatic carbocycles. The van der Waals surface area contributed by atoms with Crippen LogP contribution in [0.4, 0.5) is 0 Å². The molecule has 0 atom stereocenters. The number of benzene rings is 8. The third-order valence-corrected chi connectivity index (χ3v) is 11.9. The average molecular weight is 743 g/mol. The first-order valence-corrected chi connectivity index (χ1v) is 19.9. The molecular weight excluding hydrogens is 705 g/mol. The Hall–Kier alpha value is -7.43. The summed E-state index contributed by atoms with van der Waals surface area (Å²) < 4.78 is 2.40. The molecule has 2 aromatic heterocycles. The van der Waals surface area contributed by atoms with E-state index in [0.29, 0.717) is 17.5 Å². The van der Waals surface area contributed by atoms with Crippen molar-refractivity contribution in [2.75, 3.05) is 0 Å². The van der Waals surface area contributed by atoms with Crippen molar-refractivity contribution < 1.29 is 0 Å². The molecule has 0 spiro atoms. The molecule has 0 radical (unpaired) electrons. The fourth-order valence-electron chi connectivity index (χ4n) is 8.99. The van der Waals surface area contributed by atoms with Gasteiger partial charge in [-0.25, -0.2) is 15.0 Å². The number of aromatic nitrogens is 4. The Bertz CT molecular complexity index is 3120. The molecule has 11 rings (SSSR count). The lowest BCUT2D eigenvalue weighted by molar-refractivity contribution is 0.660. The Kier molecular flexibility index (Phi) is 7.80. The van der Waals surface area contributed by atoms with Crippen LogP contribution in [-0.4, -0.2) is 19.5 Å². The van der Waals surface area contributed by atoms with Crippen LogP contribution in [0.1, 0.15) is 25.0 Å². The van der Waals surface area contributed by atoms with E-state index in [4.69, 9.17) is 15.0 Å². The van der Waals surface area contributed by atoms with Gasteiger partial charge in [0.15, 0.2) is 17.5 Å². The van der Waals surface area contributed by atoms with E-state index in [1.165, 1.54) is 55.3 Å². The van der Waals surface area contributed by atoms with Crippen LogP contribution in [0.25, 0.3) is 95.0 Å². The zero-order valence-electron chi connectivity index (χ0n) is 32.3. The van der Waals surface area contributed by atoms with E-state index in [0.717, 1.165) is 33.4 Å². The predicted molar refractivity (Wildman–Crippen MR) is 239 cm³/mol. The standard InChI is InChI=1S/C54H38N4/c1-54(2)46-26-13-12-24-44(46)50-42(25-15-27-47(50)54)39-29-31-48-45(33-39)43-30-28-40(34-49(43)58(48)41-23-14-22-38(32-41)35-16-6-3-7-17-35)53-56-51(36-18-8-4-9-19-36)55-52(57-53)37-20-10-5-11-21-37/h3-34H,1-2H3. The number of fused-ring (bicyclic) bond motifs is 6. The summed E-state index contributed by atoms with van der Waals surface area (Å²) in [6, 6.07) is 69.1. The van der Waals surface area contributed by atoms with Crippen LogP contribution in [0.5, 0.6) is 0 Å². The average Bonchev–Trinajstić information content (AvgIpc) is 3.74. The molecule has 0 bridgehead atoms. The lowest BCUT2D eigenvalue weighted by Crippen LogP contribution is -2.14. The van der Waals surface area contributed by atoms with E-state index in [1.807, 2.05) is 60.7 Å². The Morgan fingerprint density at radius 3 is 1.62 bits per heavy atom. The molecule has 0 aliphatic heterocycles. The molecule has 0 saturated heterocycles. The first-order chi connectivity index (χ1) is 28.5. The summed E-state index contributed by atoms with van der Waals surface area (Å²) in [4.78, 5) is 15.2. The fraction of sp³-hybridized carbons (Fsp3) is 0.0556. The van der Waals surface area contributed by atoms with Crippen LogP contribution in [0.3, 0.4) is 0 Å². The van der Waals surface area contributed by atoms with Crippen molar-refractivity contribution >= 4 is 21.8 Å². The van der Waals surface area contributed by atoms with Gasteiger partial charge in [0.1, 0.15) is 0 Å². The smallest absolute Gasteiger partial charge is 0.164 e. The van der Waals surface area contributed by atoms with Gasteiger partial charge < -0.3 is 4.57 Å². The molecule has 4 nitrogen and oxygen atoms in total. The lowest BCUT2D eigenvalue weighted by atomic mass is 9.82. The van der Waals surface area contributed by atoms with Crippen LogP contribution in [0.15, 0.2) is 194 Å². The summed E-state index contributed by atoms with van der Waals surface area (Å²) >= 11 is 0. The van der Waals surface area contributed by atoms with Crippen molar-refractivity contribution in [1.82, 2.24) is 19.5 Å². The molecule has 10 aromatic rings. The molecule has 58 heavy (non-hydrogen) atoms. The van der Waals surface area contributed by atoms with Crippen LogP contribution < -0.4 is 0 Å². The topological polar surface area (TPSA) is 43.6 Å². The summed E-state index contributed by atoms with van der Waals surface area (Å²) in [5.41, 5.74) is 16.3. The maximum atomic E-state index is 5.10. The first kappa shape index (κ1) is 33.9. The Balaban J connectivity index is 1.15. The van der Waals surface area contributed by atoms with Gasteiger partial charge in [-0.15, -0.1) is 0 Å². The number of nitrogens with zero attached hydrogens (tertiary/aromatic N) is 4. The molecule has 8 aromatic carbocycles. The van der Waals surface area contributed by atoms with Gasteiger partial charge in [0.2, 0.25) is 0 Å².